The van der Waals surface area contributed by atoms with Crippen LogP contribution in [0.4, 0.5) is 5.69 Å². The molecule has 120 valence electrons. The molecule has 0 saturated carbocycles. The second-order valence-corrected chi connectivity index (χ2v) is 4.83. The van der Waals surface area contributed by atoms with Crippen LogP contribution in [0.3, 0.4) is 0 Å². The Morgan fingerprint density at radius 2 is 2.04 bits per heavy atom. The van der Waals surface area contributed by atoms with Gasteiger partial charge < -0.3 is 20.2 Å². The zero-order valence-corrected chi connectivity index (χ0v) is 12.7. The smallest absolute Gasteiger partial charge is 0.248 e. The highest BCUT2D eigenvalue weighted by Gasteiger charge is 2.06. The predicted octanol–water partition coefficient (Wildman–Crippen LogP) is 2.49. The summed E-state index contributed by atoms with van der Waals surface area (Å²) in [6.45, 7) is 1.99. The van der Waals surface area contributed by atoms with Gasteiger partial charge >= 0.3 is 0 Å². The van der Waals surface area contributed by atoms with Crippen LogP contribution in [0, 0.1) is 6.92 Å². The van der Waals surface area contributed by atoms with Crippen molar-refractivity contribution in [1.82, 2.24) is 0 Å². The number of furan rings is 1. The maximum atomic E-state index is 12.0. The van der Waals surface area contributed by atoms with Gasteiger partial charge in [0.05, 0.1) is 18.7 Å². The lowest BCUT2D eigenvalue weighted by atomic mass is 10.3. The van der Waals surface area contributed by atoms with Crippen LogP contribution in [-0.4, -0.2) is 18.4 Å². The fraction of sp³-hybridized carbons (Fsp3) is 0.176. The van der Waals surface area contributed by atoms with Gasteiger partial charge in [0.25, 0.3) is 0 Å². The fourth-order valence-corrected chi connectivity index (χ4v) is 1.83. The molecule has 0 atom stereocenters. The monoisotopic (exact) mass is 314 g/mol. The number of carbonyl (C=O) groups excluding carboxylic acids is 2. The first-order valence-electron chi connectivity index (χ1n) is 7.10. The first kappa shape index (κ1) is 16.4. The van der Waals surface area contributed by atoms with E-state index in [1.54, 1.807) is 36.4 Å². The van der Waals surface area contributed by atoms with Crippen LogP contribution in [0.15, 0.2) is 46.9 Å². The fourth-order valence-electron chi connectivity index (χ4n) is 1.83. The minimum Gasteiger partial charge on any atom is -0.491 e. The molecule has 1 aromatic heterocycles. The summed E-state index contributed by atoms with van der Waals surface area (Å²) in [6, 6.07) is 10.6. The second-order valence-electron chi connectivity index (χ2n) is 4.83. The standard InChI is InChI=1S/C17H18N2O4/c1-12-6-7-13(23-12)8-9-17(21)19-14-4-2-3-5-15(14)22-11-10-16(18)20/h2-9H,10-11H2,1H3,(H2,18,20)(H,19,21)/b9-8+. The van der Waals surface area contributed by atoms with E-state index in [0.29, 0.717) is 17.2 Å². The Kier molecular flexibility index (Phi) is 5.57. The topological polar surface area (TPSA) is 94.6 Å². The summed E-state index contributed by atoms with van der Waals surface area (Å²) < 4.78 is 10.8. The molecule has 23 heavy (non-hydrogen) atoms. The third-order valence-electron chi connectivity index (χ3n) is 2.91. The second kappa shape index (κ2) is 7.84. The highest BCUT2D eigenvalue weighted by molar-refractivity contribution is 6.02. The number of hydrogen-bond donors (Lipinski definition) is 2. The van der Waals surface area contributed by atoms with E-state index in [2.05, 4.69) is 5.32 Å². The highest BCUT2D eigenvalue weighted by Crippen LogP contribution is 2.23. The molecule has 1 heterocycles. The minimum absolute atomic E-state index is 0.111. The first-order valence-corrected chi connectivity index (χ1v) is 7.10. The summed E-state index contributed by atoms with van der Waals surface area (Å²) in [4.78, 5) is 22.7. The van der Waals surface area contributed by atoms with Crippen molar-refractivity contribution in [3.05, 3.63) is 54.0 Å². The van der Waals surface area contributed by atoms with Gasteiger partial charge in [0.2, 0.25) is 11.8 Å². The van der Waals surface area contributed by atoms with E-state index in [9.17, 15) is 9.59 Å². The number of carbonyl (C=O) groups is 2. The van der Waals surface area contributed by atoms with Gasteiger partial charge in [-0.15, -0.1) is 0 Å². The molecule has 0 aliphatic heterocycles. The Morgan fingerprint density at radius 3 is 2.74 bits per heavy atom. The van der Waals surface area contributed by atoms with E-state index in [1.165, 1.54) is 6.08 Å². The van der Waals surface area contributed by atoms with Gasteiger partial charge in [0, 0.05) is 6.08 Å². The van der Waals surface area contributed by atoms with E-state index >= 15 is 0 Å². The van der Waals surface area contributed by atoms with Crippen LogP contribution in [0.1, 0.15) is 17.9 Å². The molecular formula is C17H18N2O4. The molecule has 0 aliphatic carbocycles. The van der Waals surface area contributed by atoms with E-state index in [1.807, 2.05) is 13.0 Å². The van der Waals surface area contributed by atoms with Crippen LogP contribution in [0.25, 0.3) is 6.08 Å². The average molecular weight is 314 g/mol. The Labute approximate surface area is 133 Å². The molecule has 0 unspecified atom stereocenters. The van der Waals surface area contributed by atoms with Gasteiger partial charge in [-0.3, -0.25) is 9.59 Å². The number of nitrogens with two attached hydrogens (primary N) is 1. The molecule has 2 amide bonds. The summed E-state index contributed by atoms with van der Waals surface area (Å²) in [5, 5.41) is 2.72. The third-order valence-corrected chi connectivity index (χ3v) is 2.91. The number of para-hydroxylation sites is 2. The molecule has 2 aromatic rings. The van der Waals surface area contributed by atoms with Crippen molar-refractivity contribution in [1.29, 1.82) is 0 Å². The van der Waals surface area contributed by atoms with Crippen LogP contribution < -0.4 is 15.8 Å². The molecule has 0 fully saturated rings. The van der Waals surface area contributed by atoms with Gasteiger partial charge in [-0.1, -0.05) is 12.1 Å². The number of ether oxygens (including phenoxy) is 1. The van der Waals surface area contributed by atoms with Gasteiger partial charge in [-0.2, -0.15) is 0 Å². The van der Waals surface area contributed by atoms with Crippen molar-refractivity contribution < 1.29 is 18.7 Å². The van der Waals surface area contributed by atoms with Crippen LogP contribution in [-0.2, 0) is 9.59 Å². The Morgan fingerprint density at radius 1 is 1.26 bits per heavy atom. The number of nitrogens with one attached hydrogen (secondary N) is 1. The Hall–Kier alpha value is -3.02. The molecule has 1 aromatic carbocycles. The number of benzene rings is 1. The van der Waals surface area contributed by atoms with Gasteiger partial charge in [0.1, 0.15) is 17.3 Å². The van der Waals surface area contributed by atoms with Crippen LogP contribution >= 0.6 is 0 Å². The summed E-state index contributed by atoms with van der Waals surface area (Å²) in [6.07, 6.45) is 3.07. The van der Waals surface area contributed by atoms with Crippen molar-refractivity contribution in [2.24, 2.45) is 5.73 Å². The molecular weight excluding hydrogens is 296 g/mol. The molecule has 3 N–H and O–H groups in total. The average Bonchev–Trinajstić information content (AvgIpc) is 2.92. The number of anilines is 1. The van der Waals surface area contributed by atoms with Gasteiger partial charge in [0.15, 0.2) is 0 Å². The zero-order chi connectivity index (χ0) is 16.7. The van der Waals surface area contributed by atoms with E-state index in [-0.39, 0.29) is 18.9 Å². The molecule has 6 nitrogen and oxygen atoms in total. The molecule has 0 spiro atoms. The molecule has 0 aliphatic rings. The van der Waals surface area contributed by atoms with E-state index < -0.39 is 5.91 Å². The maximum Gasteiger partial charge on any atom is 0.248 e. The summed E-state index contributed by atoms with van der Waals surface area (Å²) in [5.74, 6) is 1.10. The van der Waals surface area contributed by atoms with Crippen molar-refractivity contribution in [3.63, 3.8) is 0 Å². The van der Waals surface area contributed by atoms with Crippen molar-refractivity contribution in [2.45, 2.75) is 13.3 Å². The van der Waals surface area contributed by atoms with Crippen LogP contribution in [0.5, 0.6) is 5.75 Å². The number of primary amides is 1. The maximum absolute atomic E-state index is 12.0. The largest absolute Gasteiger partial charge is 0.491 e. The van der Waals surface area contributed by atoms with E-state index in [4.69, 9.17) is 14.9 Å². The van der Waals surface area contributed by atoms with Gasteiger partial charge in [-0.05, 0) is 37.3 Å². The molecule has 0 saturated heterocycles. The normalized spacial score (nSPS) is 10.7. The number of aryl methyl sites for hydroxylation is 1. The number of amides is 2. The Balaban J connectivity index is 1.97. The van der Waals surface area contributed by atoms with Crippen LogP contribution in [0.2, 0.25) is 0 Å². The van der Waals surface area contributed by atoms with E-state index in [0.717, 1.165) is 5.76 Å². The molecule has 6 heteroatoms. The summed E-state index contributed by atoms with van der Waals surface area (Å²) >= 11 is 0. The SMILES string of the molecule is Cc1ccc(/C=C/C(=O)Nc2ccccc2OCCC(N)=O)o1. The quantitative estimate of drug-likeness (QED) is 0.768. The van der Waals surface area contributed by atoms with Crippen molar-refractivity contribution in [3.8, 4) is 5.75 Å². The summed E-state index contributed by atoms with van der Waals surface area (Å²) in [7, 11) is 0. The highest BCUT2D eigenvalue weighted by atomic mass is 16.5. The minimum atomic E-state index is -0.441. The number of hydrogen-bond acceptors (Lipinski definition) is 4. The van der Waals surface area contributed by atoms with Crippen molar-refractivity contribution >= 4 is 23.6 Å². The lowest BCUT2D eigenvalue weighted by Gasteiger charge is -2.10. The molecule has 2 rings (SSSR count). The summed E-state index contributed by atoms with van der Waals surface area (Å²) in [5.41, 5.74) is 5.58. The molecule has 0 radical (unpaired) electrons. The predicted molar refractivity (Wildman–Crippen MR) is 86.9 cm³/mol. The Bertz CT molecular complexity index is 719. The number of rotatable bonds is 7. The third kappa shape index (κ3) is 5.35. The lowest BCUT2D eigenvalue weighted by Crippen LogP contribution is -2.15. The van der Waals surface area contributed by atoms with Crippen molar-refractivity contribution in [2.75, 3.05) is 11.9 Å². The first-order chi connectivity index (χ1) is 11.0. The van der Waals surface area contributed by atoms with Gasteiger partial charge in [-0.25, -0.2) is 0 Å². The lowest BCUT2D eigenvalue weighted by molar-refractivity contribution is -0.118. The molecule has 0 bridgehead atoms. The zero-order valence-electron chi connectivity index (χ0n) is 12.7.